The molecular formula is C21H18N2O5. The van der Waals surface area contributed by atoms with Gasteiger partial charge in [-0.1, -0.05) is 30.3 Å². The summed E-state index contributed by atoms with van der Waals surface area (Å²) in [5.74, 6) is -1.63. The van der Waals surface area contributed by atoms with E-state index in [-0.39, 0.29) is 12.3 Å². The number of aromatic amines is 1. The molecule has 7 heteroatoms. The van der Waals surface area contributed by atoms with Crippen LogP contribution in [0.3, 0.4) is 0 Å². The fraction of sp³-hybridized carbons (Fsp3) is 0.190. The number of carbonyl (C=O) groups is 2. The molecule has 0 bridgehead atoms. The summed E-state index contributed by atoms with van der Waals surface area (Å²) in [6.07, 6.45) is -0.987. The lowest BCUT2D eigenvalue weighted by atomic mass is 10.0. The number of benzene rings is 2. The number of esters is 1. The van der Waals surface area contributed by atoms with Crippen LogP contribution in [-0.4, -0.2) is 27.4 Å². The van der Waals surface area contributed by atoms with Crippen LogP contribution >= 0.6 is 0 Å². The van der Waals surface area contributed by atoms with Gasteiger partial charge in [-0.25, -0.2) is 4.79 Å². The van der Waals surface area contributed by atoms with Crippen molar-refractivity contribution in [2.24, 2.45) is 0 Å². The van der Waals surface area contributed by atoms with E-state index in [1.165, 1.54) is 11.5 Å². The number of H-pyrrole nitrogens is 1. The topological polar surface area (TPSA) is 94.3 Å². The Morgan fingerprint density at radius 1 is 1.14 bits per heavy atom. The number of fused-ring (bicyclic) bond motifs is 2. The number of nitrogens with zero attached hydrogens (tertiary/aromatic N) is 1. The number of oxazole rings is 1. The smallest absolute Gasteiger partial charge is 0.420 e. The maximum atomic E-state index is 12.9. The average Bonchev–Trinajstić information content (AvgIpc) is 3.17. The van der Waals surface area contributed by atoms with Crippen LogP contribution in [0.2, 0.25) is 0 Å². The minimum Gasteiger partial charge on any atom is -0.453 e. The monoisotopic (exact) mass is 378 g/mol. The Morgan fingerprint density at radius 2 is 1.86 bits per heavy atom. The molecule has 0 aliphatic rings. The van der Waals surface area contributed by atoms with Gasteiger partial charge in [-0.05, 0) is 32.0 Å². The van der Waals surface area contributed by atoms with Crippen molar-refractivity contribution in [3.8, 4) is 0 Å². The SMILES string of the molecule is Cc1[nH]c2ccccc2c1C(=O)[C@@H](C)OC(=O)Cn1c(=O)oc2ccccc21. The Morgan fingerprint density at radius 3 is 2.68 bits per heavy atom. The molecule has 0 fully saturated rings. The lowest BCUT2D eigenvalue weighted by molar-refractivity contribution is -0.147. The molecule has 2 heterocycles. The van der Waals surface area contributed by atoms with Crippen LogP contribution in [0.15, 0.2) is 57.7 Å². The zero-order valence-corrected chi connectivity index (χ0v) is 15.4. The molecule has 1 atom stereocenters. The van der Waals surface area contributed by atoms with Gasteiger partial charge >= 0.3 is 11.7 Å². The normalized spacial score (nSPS) is 12.4. The third-order valence-electron chi connectivity index (χ3n) is 4.68. The number of ketones is 1. The van der Waals surface area contributed by atoms with Gasteiger partial charge in [0.05, 0.1) is 5.52 Å². The van der Waals surface area contributed by atoms with Gasteiger partial charge in [-0.3, -0.25) is 14.2 Å². The standard InChI is InChI=1S/C21H18N2O5/c1-12-19(14-7-3-4-8-15(14)22-12)20(25)13(2)27-18(24)11-23-16-9-5-6-10-17(16)28-21(23)26/h3-10,13,22H,11H2,1-2H3/t13-/m1/s1. The summed E-state index contributed by atoms with van der Waals surface area (Å²) < 4.78 is 11.6. The van der Waals surface area contributed by atoms with E-state index in [4.69, 9.17) is 9.15 Å². The maximum Gasteiger partial charge on any atom is 0.420 e. The van der Waals surface area contributed by atoms with E-state index in [1.807, 2.05) is 24.3 Å². The molecule has 4 rings (SSSR count). The summed E-state index contributed by atoms with van der Waals surface area (Å²) in [5, 5.41) is 0.782. The number of Topliss-reactive ketones (excluding diaryl/α,β-unsaturated/α-hetero) is 1. The summed E-state index contributed by atoms with van der Waals surface area (Å²) in [6, 6.07) is 14.2. The molecule has 0 spiro atoms. The average molecular weight is 378 g/mol. The molecule has 0 saturated heterocycles. The van der Waals surface area contributed by atoms with Gasteiger partial charge in [-0.15, -0.1) is 0 Å². The molecule has 2 aromatic heterocycles. The Labute approximate surface area is 159 Å². The molecule has 28 heavy (non-hydrogen) atoms. The molecule has 0 saturated carbocycles. The number of aryl methyl sites for hydroxylation is 1. The highest BCUT2D eigenvalue weighted by Gasteiger charge is 2.25. The molecule has 4 aromatic rings. The van der Waals surface area contributed by atoms with Gasteiger partial charge in [0.25, 0.3) is 0 Å². The number of hydrogen-bond donors (Lipinski definition) is 1. The van der Waals surface area contributed by atoms with E-state index >= 15 is 0 Å². The van der Waals surface area contributed by atoms with Crippen molar-refractivity contribution in [3.63, 3.8) is 0 Å². The number of ether oxygens (including phenoxy) is 1. The van der Waals surface area contributed by atoms with Crippen LogP contribution in [0.4, 0.5) is 0 Å². The quantitative estimate of drug-likeness (QED) is 0.425. The molecule has 2 aromatic carbocycles. The second-order valence-corrected chi connectivity index (χ2v) is 6.59. The number of nitrogens with one attached hydrogen (secondary N) is 1. The second kappa shape index (κ2) is 6.84. The van der Waals surface area contributed by atoms with Crippen molar-refractivity contribution < 1.29 is 18.7 Å². The molecule has 1 N–H and O–H groups in total. The molecule has 7 nitrogen and oxygen atoms in total. The Balaban J connectivity index is 1.54. The van der Waals surface area contributed by atoms with Crippen molar-refractivity contribution >= 4 is 33.8 Å². The molecule has 142 valence electrons. The zero-order chi connectivity index (χ0) is 19.8. The van der Waals surface area contributed by atoms with Crippen LogP contribution in [-0.2, 0) is 16.1 Å². The Bertz CT molecular complexity index is 1260. The predicted octanol–water partition coefficient (Wildman–Crippen LogP) is 3.20. The van der Waals surface area contributed by atoms with Crippen LogP contribution in [0.25, 0.3) is 22.0 Å². The molecule has 0 radical (unpaired) electrons. The molecule has 0 aliphatic heterocycles. The van der Waals surface area contributed by atoms with Gasteiger partial charge < -0.3 is 14.1 Å². The van der Waals surface area contributed by atoms with Crippen molar-refractivity contribution in [1.29, 1.82) is 0 Å². The minimum absolute atomic E-state index is 0.298. The van der Waals surface area contributed by atoms with E-state index in [2.05, 4.69) is 4.98 Å². The number of para-hydroxylation sites is 3. The highest BCUT2D eigenvalue weighted by molar-refractivity contribution is 6.11. The molecule has 0 unspecified atom stereocenters. The molecular weight excluding hydrogens is 360 g/mol. The minimum atomic E-state index is -0.987. The zero-order valence-electron chi connectivity index (χ0n) is 15.4. The Kier molecular flexibility index (Phi) is 4.35. The third-order valence-corrected chi connectivity index (χ3v) is 4.68. The third kappa shape index (κ3) is 3.00. The van der Waals surface area contributed by atoms with Gasteiger partial charge in [0, 0.05) is 22.2 Å². The van der Waals surface area contributed by atoms with Gasteiger partial charge in [0.15, 0.2) is 11.7 Å². The van der Waals surface area contributed by atoms with Crippen LogP contribution < -0.4 is 5.76 Å². The largest absolute Gasteiger partial charge is 0.453 e. The summed E-state index contributed by atoms with van der Waals surface area (Å²) in [5.41, 5.74) is 2.95. The second-order valence-electron chi connectivity index (χ2n) is 6.59. The number of carbonyl (C=O) groups excluding carboxylic acids is 2. The van der Waals surface area contributed by atoms with E-state index in [0.29, 0.717) is 22.4 Å². The molecule has 0 amide bonds. The summed E-state index contributed by atoms with van der Waals surface area (Å²) in [6.45, 7) is 3.00. The van der Waals surface area contributed by atoms with Crippen LogP contribution in [0.5, 0.6) is 0 Å². The highest BCUT2D eigenvalue weighted by atomic mass is 16.5. The fourth-order valence-corrected chi connectivity index (χ4v) is 3.38. The van der Waals surface area contributed by atoms with Crippen molar-refractivity contribution in [2.45, 2.75) is 26.5 Å². The predicted molar refractivity (Wildman–Crippen MR) is 103 cm³/mol. The lowest BCUT2D eigenvalue weighted by Gasteiger charge is -2.13. The summed E-state index contributed by atoms with van der Waals surface area (Å²) in [4.78, 5) is 40.4. The number of hydrogen-bond acceptors (Lipinski definition) is 5. The highest BCUT2D eigenvalue weighted by Crippen LogP contribution is 2.24. The van der Waals surface area contributed by atoms with Gasteiger partial charge in [-0.2, -0.15) is 0 Å². The van der Waals surface area contributed by atoms with Crippen LogP contribution in [0.1, 0.15) is 23.0 Å². The summed E-state index contributed by atoms with van der Waals surface area (Å²) >= 11 is 0. The first-order valence-electron chi connectivity index (χ1n) is 8.85. The lowest BCUT2D eigenvalue weighted by Crippen LogP contribution is -2.29. The molecule has 0 aliphatic carbocycles. The first-order valence-corrected chi connectivity index (χ1v) is 8.85. The van der Waals surface area contributed by atoms with Crippen molar-refractivity contribution in [3.05, 3.63) is 70.3 Å². The van der Waals surface area contributed by atoms with Crippen LogP contribution in [0, 0.1) is 6.92 Å². The number of aromatic nitrogens is 2. The van der Waals surface area contributed by atoms with Gasteiger partial charge in [0.2, 0.25) is 5.78 Å². The maximum absolute atomic E-state index is 12.9. The Hall–Kier alpha value is -3.61. The van der Waals surface area contributed by atoms with Gasteiger partial charge in [0.1, 0.15) is 6.54 Å². The van der Waals surface area contributed by atoms with E-state index in [1.54, 1.807) is 31.2 Å². The summed E-state index contributed by atoms with van der Waals surface area (Å²) in [7, 11) is 0. The van der Waals surface area contributed by atoms with E-state index < -0.39 is 17.8 Å². The fourth-order valence-electron chi connectivity index (χ4n) is 3.38. The van der Waals surface area contributed by atoms with E-state index in [0.717, 1.165) is 10.9 Å². The number of rotatable bonds is 5. The van der Waals surface area contributed by atoms with Crippen molar-refractivity contribution in [1.82, 2.24) is 9.55 Å². The first-order chi connectivity index (χ1) is 13.5. The van der Waals surface area contributed by atoms with E-state index in [9.17, 15) is 14.4 Å². The first kappa shape index (κ1) is 17.8. The van der Waals surface area contributed by atoms with Crippen molar-refractivity contribution in [2.75, 3.05) is 0 Å².